The van der Waals surface area contributed by atoms with Crippen LogP contribution in [0.4, 0.5) is 0 Å². The van der Waals surface area contributed by atoms with Crippen molar-refractivity contribution in [1.29, 1.82) is 0 Å². The van der Waals surface area contributed by atoms with Crippen LogP contribution in [0.15, 0.2) is 6.20 Å². The van der Waals surface area contributed by atoms with Crippen molar-refractivity contribution in [3.05, 3.63) is 27.5 Å². The van der Waals surface area contributed by atoms with Gasteiger partial charge in [-0.3, -0.25) is 4.68 Å². The molecule has 0 aliphatic heterocycles. The Balaban J connectivity index is 2.27. The van der Waals surface area contributed by atoms with Crippen LogP contribution in [0, 0.1) is 6.92 Å². The maximum atomic E-state index is 6.36. The molecule has 2 aromatic heterocycles. The summed E-state index contributed by atoms with van der Waals surface area (Å²) < 4.78 is 5.90. The first-order valence-corrected chi connectivity index (χ1v) is 7.54. The van der Waals surface area contributed by atoms with E-state index in [1.165, 1.54) is 11.5 Å². The number of likely N-dealkylation sites (N-methyl/N-ethyl adjacent to an activating group) is 1. The molecular weight excluding hydrogens is 282 g/mol. The van der Waals surface area contributed by atoms with E-state index in [2.05, 4.69) is 33.8 Å². The molecule has 1 unspecified atom stereocenters. The van der Waals surface area contributed by atoms with Crippen molar-refractivity contribution < 1.29 is 0 Å². The van der Waals surface area contributed by atoms with Crippen molar-refractivity contribution in [3.8, 4) is 0 Å². The molecule has 0 aliphatic carbocycles. The van der Waals surface area contributed by atoms with E-state index in [1.54, 1.807) is 0 Å². The highest BCUT2D eigenvalue weighted by Crippen LogP contribution is 2.27. The van der Waals surface area contributed by atoms with Gasteiger partial charge in [0.15, 0.2) is 0 Å². The second kappa shape index (κ2) is 6.45. The third-order valence-electron chi connectivity index (χ3n) is 3.02. The second-order valence-corrected chi connectivity index (χ2v) is 5.49. The van der Waals surface area contributed by atoms with Gasteiger partial charge in [-0.2, -0.15) is 5.10 Å². The van der Waals surface area contributed by atoms with Crippen LogP contribution in [0.25, 0.3) is 0 Å². The van der Waals surface area contributed by atoms with Crippen LogP contribution in [-0.2, 0) is 13.0 Å². The summed E-state index contributed by atoms with van der Waals surface area (Å²) in [4.78, 5) is 1.12. The number of hydrogen-bond acceptors (Lipinski definition) is 5. The van der Waals surface area contributed by atoms with Crippen LogP contribution in [-0.4, -0.2) is 25.9 Å². The van der Waals surface area contributed by atoms with Crippen LogP contribution in [0.3, 0.4) is 0 Å². The van der Waals surface area contributed by atoms with Gasteiger partial charge in [-0.05, 0) is 31.9 Å². The molecule has 0 bridgehead atoms. The van der Waals surface area contributed by atoms with Crippen LogP contribution >= 0.6 is 23.1 Å². The third kappa shape index (κ3) is 3.13. The van der Waals surface area contributed by atoms with Crippen molar-refractivity contribution in [1.82, 2.24) is 24.7 Å². The zero-order valence-electron chi connectivity index (χ0n) is 11.4. The summed E-state index contributed by atoms with van der Waals surface area (Å²) in [6, 6.07) is 0.184. The van der Waals surface area contributed by atoms with Crippen molar-refractivity contribution >= 4 is 23.1 Å². The lowest BCUT2D eigenvalue weighted by Crippen LogP contribution is -2.23. The molecule has 7 heteroatoms. The quantitative estimate of drug-likeness (QED) is 0.891. The molecule has 5 nitrogen and oxygen atoms in total. The SMILES string of the molecule is CCNC(Cc1c(Cl)c(C)nn1CC)c1cnns1. The van der Waals surface area contributed by atoms with Gasteiger partial charge in [-0.25, -0.2) is 0 Å². The molecule has 2 rings (SSSR count). The van der Waals surface area contributed by atoms with Crippen molar-refractivity contribution in [3.63, 3.8) is 0 Å². The first kappa shape index (κ1) is 14.4. The molecule has 104 valence electrons. The summed E-state index contributed by atoms with van der Waals surface area (Å²) >= 11 is 7.78. The lowest BCUT2D eigenvalue weighted by Gasteiger charge is -2.16. The summed E-state index contributed by atoms with van der Waals surface area (Å²) in [5, 5.41) is 12.6. The normalized spacial score (nSPS) is 12.8. The van der Waals surface area contributed by atoms with Gasteiger partial charge in [-0.1, -0.05) is 23.0 Å². The van der Waals surface area contributed by atoms with E-state index >= 15 is 0 Å². The summed E-state index contributed by atoms with van der Waals surface area (Å²) in [7, 11) is 0. The van der Waals surface area contributed by atoms with Crippen LogP contribution in [0.2, 0.25) is 5.02 Å². The van der Waals surface area contributed by atoms with E-state index in [9.17, 15) is 0 Å². The molecule has 0 spiro atoms. The van der Waals surface area contributed by atoms with Gasteiger partial charge < -0.3 is 5.32 Å². The van der Waals surface area contributed by atoms with Crippen LogP contribution in [0.1, 0.15) is 36.2 Å². The lowest BCUT2D eigenvalue weighted by atomic mass is 10.1. The molecule has 0 saturated heterocycles. The van der Waals surface area contributed by atoms with Gasteiger partial charge >= 0.3 is 0 Å². The predicted molar refractivity (Wildman–Crippen MR) is 77.7 cm³/mol. The Morgan fingerprint density at radius 3 is 2.84 bits per heavy atom. The highest BCUT2D eigenvalue weighted by Gasteiger charge is 2.20. The average molecular weight is 300 g/mol. The van der Waals surface area contributed by atoms with Crippen molar-refractivity contribution in [2.75, 3.05) is 6.54 Å². The first-order valence-electron chi connectivity index (χ1n) is 6.39. The zero-order valence-corrected chi connectivity index (χ0v) is 12.9. The Hall–Kier alpha value is -0.980. The highest BCUT2D eigenvalue weighted by molar-refractivity contribution is 7.05. The summed E-state index contributed by atoms with van der Waals surface area (Å²) in [6.07, 6.45) is 2.61. The summed E-state index contributed by atoms with van der Waals surface area (Å²) in [5.41, 5.74) is 1.96. The number of aromatic nitrogens is 4. The van der Waals surface area contributed by atoms with Gasteiger partial charge in [0.05, 0.1) is 33.5 Å². The number of nitrogens with one attached hydrogen (secondary N) is 1. The summed E-state index contributed by atoms with van der Waals surface area (Å²) in [6.45, 7) is 7.81. The number of hydrogen-bond donors (Lipinski definition) is 1. The van der Waals surface area contributed by atoms with Crippen molar-refractivity contribution in [2.45, 2.75) is 39.8 Å². The fourth-order valence-electron chi connectivity index (χ4n) is 2.11. The minimum absolute atomic E-state index is 0.184. The van der Waals surface area contributed by atoms with Gasteiger partial charge in [0.1, 0.15) is 0 Å². The number of aryl methyl sites for hydroxylation is 2. The molecule has 0 saturated carbocycles. The largest absolute Gasteiger partial charge is 0.309 e. The van der Waals surface area contributed by atoms with Crippen LogP contribution in [0.5, 0.6) is 0 Å². The Morgan fingerprint density at radius 1 is 1.47 bits per heavy atom. The second-order valence-electron chi connectivity index (χ2n) is 4.30. The van der Waals surface area contributed by atoms with E-state index in [1.807, 2.05) is 17.8 Å². The molecule has 2 heterocycles. The molecular formula is C12H18ClN5S. The maximum Gasteiger partial charge on any atom is 0.0847 e. The predicted octanol–water partition coefficient (Wildman–Crippen LogP) is 2.61. The van der Waals surface area contributed by atoms with E-state index in [4.69, 9.17) is 11.6 Å². The van der Waals surface area contributed by atoms with Gasteiger partial charge in [-0.15, -0.1) is 5.10 Å². The maximum absolute atomic E-state index is 6.36. The summed E-state index contributed by atoms with van der Waals surface area (Å²) in [5.74, 6) is 0. The van der Waals surface area contributed by atoms with E-state index in [-0.39, 0.29) is 6.04 Å². The monoisotopic (exact) mass is 299 g/mol. The third-order valence-corrected chi connectivity index (χ3v) is 4.29. The van der Waals surface area contributed by atoms with E-state index in [0.717, 1.165) is 40.8 Å². The molecule has 1 atom stereocenters. The van der Waals surface area contributed by atoms with E-state index < -0.39 is 0 Å². The molecule has 0 aliphatic rings. The molecule has 0 amide bonds. The fraction of sp³-hybridized carbons (Fsp3) is 0.583. The minimum Gasteiger partial charge on any atom is -0.309 e. The zero-order chi connectivity index (χ0) is 13.8. The number of nitrogens with zero attached hydrogens (tertiary/aromatic N) is 4. The van der Waals surface area contributed by atoms with Gasteiger partial charge in [0, 0.05) is 13.0 Å². The van der Waals surface area contributed by atoms with Crippen LogP contribution < -0.4 is 5.32 Å². The molecule has 0 fully saturated rings. The average Bonchev–Trinajstić information content (AvgIpc) is 3.01. The molecule has 0 aromatic carbocycles. The molecule has 1 N–H and O–H groups in total. The van der Waals surface area contributed by atoms with E-state index in [0.29, 0.717) is 0 Å². The Kier molecular flexibility index (Phi) is 4.90. The van der Waals surface area contributed by atoms with Gasteiger partial charge in [0.25, 0.3) is 0 Å². The van der Waals surface area contributed by atoms with Crippen molar-refractivity contribution in [2.24, 2.45) is 0 Å². The Morgan fingerprint density at radius 2 is 2.26 bits per heavy atom. The number of halogens is 1. The standard InChI is InChI=1S/C12H18ClN5S/c1-4-14-9(11-7-15-17-19-11)6-10-12(13)8(3)16-18(10)5-2/h7,9,14H,4-6H2,1-3H3. The molecule has 19 heavy (non-hydrogen) atoms. The molecule has 0 radical (unpaired) electrons. The minimum atomic E-state index is 0.184. The lowest BCUT2D eigenvalue weighted by molar-refractivity contribution is 0.521. The number of rotatable bonds is 6. The topological polar surface area (TPSA) is 55.6 Å². The van der Waals surface area contributed by atoms with Gasteiger partial charge in [0.2, 0.25) is 0 Å². The highest BCUT2D eigenvalue weighted by atomic mass is 35.5. The molecule has 2 aromatic rings. The first-order chi connectivity index (χ1) is 9.17. The Labute approximate surface area is 122 Å². The fourth-order valence-corrected chi connectivity index (χ4v) is 2.89. The smallest absolute Gasteiger partial charge is 0.0847 e. The Bertz CT molecular complexity index is 522.